The number of nitrogens with one attached hydrogen (secondary N) is 1. The molecule has 1 N–H and O–H groups in total. The molecule has 146 valence electrons. The second kappa shape index (κ2) is 8.02. The first-order valence-electron chi connectivity index (χ1n) is 9.77. The smallest absolute Gasteiger partial charge is 0.237 e. The third kappa shape index (κ3) is 4.02. The molecule has 1 aliphatic rings. The van der Waals surface area contributed by atoms with E-state index in [4.69, 9.17) is 4.42 Å². The van der Waals surface area contributed by atoms with E-state index in [-0.39, 0.29) is 11.9 Å². The highest BCUT2D eigenvalue weighted by atomic mass is 16.3. The Morgan fingerprint density at radius 2 is 2.07 bits per heavy atom. The van der Waals surface area contributed by atoms with Gasteiger partial charge in [-0.05, 0) is 69.1 Å². The standard InChI is InChI=1S/C22H26N4O2/c1-16-13-17(2)26(24-16)19-9-7-18(8-10-19)15-25-11-3-6-21(25)22(27)23-14-20-5-4-12-28-20/h4-5,7-10,12-13,21H,3,6,11,14-15H2,1-2H3,(H,23,27)/t21-/m0/s1. The molecule has 1 fully saturated rings. The van der Waals surface area contributed by atoms with E-state index in [0.29, 0.717) is 6.54 Å². The maximum Gasteiger partial charge on any atom is 0.237 e. The molecule has 6 heteroatoms. The van der Waals surface area contributed by atoms with Crippen LogP contribution in [0.1, 0.15) is 35.6 Å². The highest BCUT2D eigenvalue weighted by Crippen LogP contribution is 2.21. The molecule has 0 unspecified atom stereocenters. The van der Waals surface area contributed by atoms with E-state index in [1.807, 2.05) is 23.7 Å². The largest absolute Gasteiger partial charge is 0.467 e. The fraction of sp³-hybridized carbons (Fsp3) is 0.364. The minimum absolute atomic E-state index is 0.0770. The van der Waals surface area contributed by atoms with Gasteiger partial charge in [0.15, 0.2) is 0 Å². The molecule has 2 aromatic heterocycles. The molecule has 3 aromatic rings. The number of nitrogens with zero attached hydrogens (tertiary/aromatic N) is 3. The minimum Gasteiger partial charge on any atom is -0.467 e. The van der Waals surface area contributed by atoms with Gasteiger partial charge in [-0.1, -0.05) is 12.1 Å². The van der Waals surface area contributed by atoms with Crippen molar-refractivity contribution in [3.8, 4) is 5.69 Å². The summed E-state index contributed by atoms with van der Waals surface area (Å²) in [5.41, 5.74) is 4.40. The number of hydrogen-bond donors (Lipinski definition) is 1. The first-order valence-corrected chi connectivity index (χ1v) is 9.77. The van der Waals surface area contributed by atoms with Crippen molar-refractivity contribution in [1.82, 2.24) is 20.0 Å². The molecule has 6 nitrogen and oxygen atoms in total. The predicted molar refractivity (Wildman–Crippen MR) is 107 cm³/mol. The van der Waals surface area contributed by atoms with Crippen molar-refractivity contribution in [2.24, 2.45) is 0 Å². The molecular weight excluding hydrogens is 352 g/mol. The highest BCUT2D eigenvalue weighted by Gasteiger charge is 2.30. The summed E-state index contributed by atoms with van der Waals surface area (Å²) in [5.74, 6) is 0.853. The SMILES string of the molecule is Cc1cc(C)n(-c2ccc(CN3CCC[C@H]3C(=O)NCc3ccco3)cc2)n1. The van der Waals surface area contributed by atoms with Crippen LogP contribution in [0.2, 0.25) is 0 Å². The van der Waals surface area contributed by atoms with Gasteiger partial charge >= 0.3 is 0 Å². The molecule has 28 heavy (non-hydrogen) atoms. The van der Waals surface area contributed by atoms with Crippen molar-refractivity contribution >= 4 is 5.91 Å². The van der Waals surface area contributed by atoms with Gasteiger partial charge in [-0.25, -0.2) is 4.68 Å². The fourth-order valence-corrected chi connectivity index (χ4v) is 3.88. The highest BCUT2D eigenvalue weighted by molar-refractivity contribution is 5.81. The summed E-state index contributed by atoms with van der Waals surface area (Å²) in [5, 5.41) is 7.53. The van der Waals surface area contributed by atoms with Crippen molar-refractivity contribution in [3.05, 3.63) is 71.4 Å². The van der Waals surface area contributed by atoms with E-state index in [9.17, 15) is 4.79 Å². The molecule has 1 atom stereocenters. The Morgan fingerprint density at radius 1 is 1.25 bits per heavy atom. The van der Waals surface area contributed by atoms with E-state index < -0.39 is 0 Å². The first kappa shape index (κ1) is 18.5. The molecule has 0 aliphatic carbocycles. The molecule has 1 saturated heterocycles. The Hall–Kier alpha value is -2.86. The topological polar surface area (TPSA) is 63.3 Å². The molecule has 0 saturated carbocycles. The lowest BCUT2D eigenvalue weighted by Crippen LogP contribution is -2.42. The van der Waals surface area contributed by atoms with Crippen molar-refractivity contribution in [1.29, 1.82) is 0 Å². The lowest BCUT2D eigenvalue weighted by Gasteiger charge is -2.23. The van der Waals surface area contributed by atoms with E-state index in [2.05, 4.69) is 52.6 Å². The zero-order chi connectivity index (χ0) is 19.5. The van der Waals surface area contributed by atoms with Crippen LogP contribution in [0.15, 0.2) is 53.1 Å². The number of aromatic nitrogens is 2. The quantitative estimate of drug-likeness (QED) is 0.714. The lowest BCUT2D eigenvalue weighted by molar-refractivity contribution is -0.125. The van der Waals surface area contributed by atoms with Gasteiger partial charge in [-0.3, -0.25) is 9.69 Å². The first-order chi connectivity index (χ1) is 13.6. The normalized spacial score (nSPS) is 17.1. The van der Waals surface area contributed by atoms with E-state index in [1.165, 1.54) is 5.56 Å². The minimum atomic E-state index is -0.0781. The maximum atomic E-state index is 12.6. The Balaban J connectivity index is 1.38. The van der Waals surface area contributed by atoms with Crippen LogP contribution in [0.25, 0.3) is 5.69 Å². The molecule has 1 amide bonds. The summed E-state index contributed by atoms with van der Waals surface area (Å²) in [4.78, 5) is 14.9. The molecule has 0 spiro atoms. The maximum absolute atomic E-state index is 12.6. The van der Waals surface area contributed by atoms with E-state index >= 15 is 0 Å². The molecule has 1 aliphatic heterocycles. The lowest BCUT2D eigenvalue weighted by atomic mass is 10.1. The van der Waals surface area contributed by atoms with E-state index in [0.717, 1.165) is 48.8 Å². The van der Waals surface area contributed by atoms with Crippen LogP contribution in [0.5, 0.6) is 0 Å². The molecule has 4 rings (SSSR count). The van der Waals surface area contributed by atoms with Gasteiger partial charge < -0.3 is 9.73 Å². The number of carbonyl (C=O) groups is 1. The van der Waals surface area contributed by atoms with Gasteiger partial charge in [0, 0.05) is 12.2 Å². The average Bonchev–Trinajstić information content (AvgIpc) is 3.42. The number of benzene rings is 1. The third-order valence-electron chi connectivity index (χ3n) is 5.26. The Kier molecular flexibility index (Phi) is 5.30. The number of aryl methyl sites for hydroxylation is 2. The van der Waals surface area contributed by atoms with Gasteiger partial charge in [0.25, 0.3) is 0 Å². The number of furan rings is 1. The van der Waals surface area contributed by atoms with Crippen LogP contribution in [0.3, 0.4) is 0 Å². The van der Waals surface area contributed by atoms with Crippen molar-refractivity contribution in [3.63, 3.8) is 0 Å². The summed E-state index contributed by atoms with van der Waals surface area (Å²) in [6.45, 7) is 6.22. The van der Waals surface area contributed by atoms with Crippen LogP contribution in [-0.4, -0.2) is 33.2 Å². The molecular formula is C22H26N4O2. The third-order valence-corrected chi connectivity index (χ3v) is 5.26. The number of amides is 1. The van der Waals surface area contributed by atoms with Gasteiger partial charge in [0.1, 0.15) is 5.76 Å². The summed E-state index contributed by atoms with van der Waals surface area (Å²) in [7, 11) is 0. The zero-order valence-electron chi connectivity index (χ0n) is 16.4. The number of hydrogen-bond acceptors (Lipinski definition) is 4. The summed E-state index contributed by atoms with van der Waals surface area (Å²) in [6, 6.07) is 14.1. The van der Waals surface area contributed by atoms with Crippen molar-refractivity contribution in [2.45, 2.75) is 45.8 Å². The molecule has 1 aromatic carbocycles. The number of rotatable bonds is 6. The van der Waals surface area contributed by atoms with Gasteiger partial charge in [0.05, 0.1) is 30.2 Å². The van der Waals surface area contributed by atoms with Crippen LogP contribution in [0, 0.1) is 13.8 Å². The summed E-state index contributed by atoms with van der Waals surface area (Å²) in [6.07, 6.45) is 3.57. The Labute approximate surface area is 165 Å². The van der Waals surface area contributed by atoms with Crippen LogP contribution in [0.4, 0.5) is 0 Å². The Bertz CT molecular complexity index is 928. The Morgan fingerprint density at radius 3 is 2.75 bits per heavy atom. The summed E-state index contributed by atoms with van der Waals surface area (Å²) >= 11 is 0. The molecule has 3 heterocycles. The van der Waals surface area contributed by atoms with Crippen LogP contribution in [-0.2, 0) is 17.9 Å². The fourth-order valence-electron chi connectivity index (χ4n) is 3.88. The molecule has 0 bridgehead atoms. The van der Waals surface area contributed by atoms with E-state index in [1.54, 1.807) is 6.26 Å². The zero-order valence-corrected chi connectivity index (χ0v) is 16.4. The van der Waals surface area contributed by atoms with Crippen LogP contribution < -0.4 is 5.32 Å². The molecule has 0 radical (unpaired) electrons. The number of likely N-dealkylation sites (tertiary alicyclic amines) is 1. The average molecular weight is 378 g/mol. The number of carbonyl (C=O) groups excluding carboxylic acids is 1. The second-order valence-corrected chi connectivity index (χ2v) is 7.43. The van der Waals surface area contributed by atoms with Gasteiger partial charge in [0.2, 0.25) is 5.91 Å². The van der Waals surface area contributed by atoms with Crippen molar-refractivity contribution < 1.29 is 9.21 Å². The van der Waals surface area contributed by atoms with Crippen LogP contribution >= 0.6 is 0 Å². The van der Waals surface area contributed by atoms with Gasteiger partial charge in [-0.15, -0.1) is 0 Å². The summed E-state index contributed by atoms with van der Waals surface area (Å²) < 4.78 is 7.25. The monoisotopic (exact) mass is 378 g/mol. The second-order valence-electron chi connectivity index (χ2n) is 7.43. The van der Waals surface area contributed by atoms with Gasteiger partial charge in [-0.2, -0.15) is 5.10 Å². The predicted octanol–water partition coefficient (Wildman–Crippen LogP) is 3.36. The van der Waals surface area contributed by atoms with Crippen molar-refractivity contribution in [2.75, 3.05) is 6.54 Å².